The lowest BCUT2D eigenvalue weighted by atomic mass is 10.9. The van der Waals surface area contributed by atoms with E-state index >= 15 is 0 Å². The standard InChI is InChI=1S/C6H15IP2/c1-6(7,8(2)3)9(4)5/h1-5H3. The molecule has 0 fully saturated rings. The van der Waals surface area contributed by atoms with Gasteiger partial charge >= 0.3 is 0 Å². The van der Waals surface area contributed by atoms with E-state index in [1.165, 1.54) is 0 Å². The lowest BCUT2D eigenvalue weighted by Gasteiger charge is -2.31. The molecule has 3 heteroatoms. The summed E-state index contributed by atoms with van der Waals surface area (Å²) in [6.45, 7) is 11.8. The maximum atomic E-state index is 2.61. The van der Waals surface area contributed by atoms with Gasteiger partial charge in [-0.3, -0.25) is 0 Å². The second kappa shape index (κ2) is 3.83. The van der Waals surface area contributed by atoms with Crippen LogP contribution in [0.5, 0.6) is 0 Å². The van der Waals surface area contributed by atoms with Crippen molar-refractivity contribution in [2.24, 2.45) is 0 Å². The van der Waals surface area contributed by atoms with Gasteiger partial charge < -0.3 is 0 Å². The van der Waals surface area contributed by atoms with Gasteiger partial charge in [-0.25, -0.2) is 0 Å². The van der Waals surface area contributed by atoms with Gasteiger partial charge in [-0.1, -0.05) is 38.4 Å². The first-order valence-corrected chi connectivity index (χ1v) is 8.48. The first-order valence-electron chi connectivity index (χ1n) is 2.93. The zero-order chi connectivity index (χ0) is 7.65. The fourth-order valence-corrected chi connectivity index (χ4v) is 3.60. The van der Waals surface area contributed by atoms with Crippen LogP contribution in [-0.2, 0) is 0 Å². The molecule has 0 aromatic rings. The molecule has 0 unspecified atom stereocenters. The Kier molecular flexibility index (Phi) is 4.51. The van der Waals surface area contributed by atoms with Gasteiger partial charge in [0.25, 0.3) is 0 Å². The summed E-state index contributed by atoms with van der Waals surface area (Å²) in [4.78, 5) is 0. The third kappa shape index (κ3) is 2.99. The van der Waals surface area contributed by atoms with Gasteiger partial charge in [-0.2, -0.15) is 0 Å². The summed E-state index contributed by atoms with van der Waals surface area (Å²) >= 11 is 2.61. The highest BCUT2D eigenvalue weighted by molar-refractivity contribution is 14.1. The second-order valence-electron chi connectivity index (χ2n) is 2.69. The summed E-state index contributed by atoms with van der Waals surface area (Å²) in [5.41, 5.74) is 0. The quantitative estimate of drug-likeness (QED) is 0.411. The van der Waals surface area contributed by atoms with Gasteiger partial charge in [0.05, 0.1) is 2.90 Å². The predicted octanol–water partition coefficient (Wildman–Crippen LogP) is 3.58. The van der Waals surface area contributed by atoms with Crippen molar-refractivity contribution in [1.29, 1.82) is 0 Å². The summed E-state index contributed by atoms with van der Waals surface area (Å²) in [5.74, 6) is 0. The molecule has 0 atom stereocenters. The average Bonchev–Trinajstić information content (AvgIpc) is 1.65. The third-order valence-electron chi connectivity index (χ3n) is 1.63. The molecular formula is C6H15IP2. The van der Waals surface area contributed by atoms with E-state index in [1.54, 1.807) is 0 Å². The number of hydrogen-bond acceptors (Lipinski definition) is 0. The van der Waals surface area contributed by atoms with Gasteiger partial charge in [-0.15, -0.1) is 0 Å². The molecule has 0 saturated heterocycles. The normalized spacial score (nSPS) is 13.3. The molecule has 0 heterocycles. The van der Waals surface area contributed by atoms with Crippen LogP contribution in [0.1, 0.15) is 6.92 Å². The van der Waals surface area contributed by atoms with Crippen molar-refractivity contribution in [3.63, 3.8) is 0 Å². The highest BCUT2D eigenvalue weighted by atomic mass is 127. The SMILES string of the molecule is CP(C)C(C)(I)P(C)C. The van der Waals surface area contributed by atoms with Crippen molar-refractivity contribution >= 4 is 38.4 Å². The molecule has 0 nitrogen and oxygen atoms in total. The Hall–Kier alpha value is 1.59. The molecule has 0 N–H and O–H groups in total. The summed E-state index contributed by atoms with van der Waals surface area (Å²) in [6, 6.07) is 0. The molecule has 0 saturated carbocycles. The highest BCUT2D eigenvalue weighted by Crippen LogP contribution is 2.64. The zero-order valence-electron chi connectivity index (χ0n) is 6.77. The molecule has 9 heavy (non-hydrogen) atoms. The Morgan fingerprint density at radius 3 is 1.22 bits per heavy atom. The Labute approximate surface area is 74.8 Å². The Bertz CT molecular complexity index is 79.1. The maximum Gasteiger partial charge on any atom is 0.0573 e. The van der Waals surface area contributed by atoms with Gasteiger partial charge in [0.15, 0.2) is 0 Å². The molecule has 0 spiro atoms. The van der Waals surface area contributed by atoms with Crippen LogP contribution in [0.2, 0.25) is 0 Å². The van der Waals surface area contributed by atoms with E-state index in [4.69, 9.17) is 0 Å². The van der Waals surface area contributed by atoms with Crippen LogP contribution in [0.3, 0.4) is 0 Å². The Morgan fingerprint density at radius 2 is 1.22 bits per heavy atom. The number of rotatable bonds is 2. The molecule has 0 amide bonds. The minimum absolute atomic E-state index is 0.232. The van der Waals surface area contributed by atoms with E-state index < -0.39 is 0 Å². The average molecular weight is 276 g/mol. The number of alkyl halides is 1. The molecule has 0 aliphatic rings. The van der Waals surface area contributed by atoms with Crippen LogP contribution < -0.4 is 0 Å². The van der Waals surface area contributed by atoms with Crippen molar-refractivity contribution in [3.05, 3.63) is 0 Å². The van der Waals surface area contributed by atoms with Gasteiger partial charge in [0.2, 0.25) is 0 Å². The first-order chi connectivity index (χ1) is 3.89. The highest BCUT2D eigenvalue weighted by Gasteiger charge is 2.27. The lowest BCUT2D eigenvalue weighted by Crippen LogP contribution is -2.07. The third-order valence-corrected chi connectivity index (χ3v) is 13.1. The molecule has 0 radical (unpaired) electrons. The molecule has 0 rings (SSSR count). The van der Waals surface area contributed by atoms with E-state index in [2.05, 4.69) is 56.2 Å². The van der Waals surface area contributed by atoms with Crippen LogP contribution in [-0.4, -0.2) is 29.6 Å². The largest absolute Gasteiger partial charge is 0.0921 e. The molecule has 0 aromatic heterocycles. The Morgan fingerprint density at radius 1 is 1.00 bits per heavy atom. The van der Waals surface area contributed by atoms with E-state index in [0.717, 1.165) is 0 Å². The molecule has 0 bridgehead atoms. The van der Waals surface area contributed by atoms with E-state index in [0.29, 0.717) is 2.90 Å². The lowest BCUT2D eigenvalue weighted by molar-refractivity contribution is 1.33. The van der Waals surface area contributed by atoms with Crippen molar-refractivity contribution in [2.75, 3.05) is 26.7 Å². The minimum atomic E-state index is 0.232. The smallest absolute Gasteiger partial charge is 0.0573 e. The summed E-state index contributed by atoms with van der Waals surface area (Å²) in [6.07, 6.45) is 0. The predicted molar refractivity (Wildman–Crippen MR) is 60.0 cm³/mol. The van der Waals surface area contributed by atoms with E-state index in [-0.39, 0.29) is 15.8 Å². The van der Waals surface area contributed by atoms with Crippen LogP contribution in [0, 0.1) is 0 Å². The summed E-state index contributed by atoms with van der Waals surface area (Å²) < 4.78 is 0.600. The van der Waals surface area contributed by atoms with E-state index in [9.17, 15) is 0 Å². The molecule has 0 aliphatic heterocycles. The fourth-order valence-electron chi connectivity index (χ4n) is 0.400. The van der Waals surface area contributed by atoms with Gasteiger partial charge in [0.1, 0.15) is 0 Å². The maximum absolute atomic E-state index is 2.61. The van der Waals surface area contributed by atoms with Crippen molar-refractivity contribution in [3.8, 4) is 0 Å². The zero-order valence-corrected chi connectivity index (χ0v) is 10.7. The van der Waals surface area contributed by atoms with E-state index in [1.807, 2.05) is 0 Å². The number of hydrogen-bond donors (Lipinski definition) is 0. The summed E-state index contributed by atoms with van der Waals surface area (Å²) in [5, 5.41) is 0. The monoisotopic (exact) mass is 276 g/mol. The van der Waals surface area contributed by atoms with Crippen molar-refractivity contribution in [2.45, 2.75) is 9.83 Å². The second-order valence-corrected chi connectivity index (χ2v) is 12.3. The molecule has 0 aliphatic carbocycles. The minimum Gasteiger partial charge on any atom is -0.0921 e. The summed E-state index contributed by atoms with van der Waals surface area (Å²) in [7, 11) is 0.465. The van der Waals surface area contributed by atoms with Crippen molar-refractivity contribution < 1.29 is 0 Å². The Balaban J connectivity index is 4.01. The van der Waals surface area contributed by atoms with Gasteiger partial charge in [-0.05, 0) is 33.6 Å². The van der Waals surface area contributed by atoms with Crippen LogP contribution in [0.15, 0.2) is 0 Å². The molecule has 0 aromatic carbocycles. The molecule has 56 valence electrons. The van der Waals surface area contributed by atoms with Gasteiger partial charge in [0, 0.05) is 0 Å². The topological polar surface area (TPSA) is 0 Å². The van der Waals surface area contributed by atoms with Crippen LogP contribution >= 0.6 is 38.4 Å². The first kappa shape index (κ1) is 10.6. The molecular weight excluding hydrogens is 261 g/mol. The van der Waals surface area contributed by atoms with Crippen LogP contribution in [0.25, 0.3) is 0 Å². The van der Waals surface area contributed by atoms with Crippen molar-refractivity contribution in [1.82, 2.24) is 0 Å². The number of halogens is 1. The fraction of sp³-hybridized carbons (Fsp3) is 1.00. The van der Waals surface area contributed by atoms with Crippen LogP contribution in [0.4, 0.5) is 0 Å².